The molecule has 0 aromatic carbocycles. The van der Waals surface area contributed by atoms with E-state index >= 15 is 0 Å². The third kappa shape index (κ3) is 1.67. The lowest BCUT2D eigenvalue weighted by molar-refractivity contribution is 1.09. The fourth-order valence-electron chi connectivity index (χ4n) is 2.16. The molecule has 0 saturated carbocycles. The van der Waals surface area contributed by atoms with Crippen molar-refractivity contribution in [3.63, 3.8) is 0 Å². The van der Waals surface area contributed by atoms with Gasteiger partial charge in [-0.3, -0.25) is 0 Å². The largest absolute Gasteiger partial charge is 0.167 e. The maximum absolute atomic E-state index is 6.46. The molecule has 1 rings (SSSR count). The summed E-state index contributed by atoms with van der Waals surface area (Å²) in [4.78, 5) is 0. The van der Waals surface area contributed by atoms with Crippen LogP contribution in [0.3, 0.4) is 0 Å². The summed E-state index contributed by atoms with van der Waals surface area (Å²) in [6, 6.07) is 0. The fraction of sp³-hybridized carbons (Fsp3) is 0.600. The van der Waals surface area contributed by atoms with Crippen LogP contribution in [-0.4, -0.2) is 7.38 Å². The van der Waals surface area contributed by atoms with Gasteiger partial charge in [0.15, 0.2) is 7.38 Å². The highest BCUT2D eigenvalue weighted by atomic mass is 35.6. The maximum Gasteiger partial charge on any atom is 0.161 e. The van der Waals surface area contributed by atoms with E-state index in [0.717, 1.165) is 0 Å². The van der Waals surface area contributed by atoms with E-state index < -0.39 is 7.38 Å². The second-order valence-corrected chi connectivity index (χ2v) is 10.9. The molecule has 0 amide bonds. The average Bonchev–Trinajstić information content (AvgIpc) is 2.05. The fourth-order valence-corrected chi connectivity index (χ4v) is 5.59. The minimum atomic E-state index is -1.55. The predicted octanol–water partition coefficient (Wildman–Crippen LogP) is 4.10. The zero-order chi connectivity index (χ0) is 9.52. The van der Waals surface area contributed by atoms with Gasteiger partial charge in [0.05, 0.1) is 0 Å². The molecule has 12 heavy (non-hydrogen) atoms. The first kappa shape index (κ1) is 10.1. The number of hydrogen-bond acceptors (Lipinski definition) is 0. The van der Waals surface area contributed by atoms with Crippen molar-refractivity contribution in [1.82, 2.24) is 0 Å². The van der Waals surface area contributed by atoms with Crippen LogP contribution >= 0.6 is 11.1 Å². The standard InChI is InChI=1S/C10H17ClSi/c1-7-6-8(2)10(9(7)3)12(4,5)11/h6,10H,1-5H3. The number of hydrogen-bond donors (Lipinski definition) is 0. The average molecular weight is 201 g/mol. The van der Waals surface area contributed by atoms with Crippen molar-refractivity contribution in [2.24, 2.45) is 0 Å². The summed E-state index contributed by atoms with van der Waals surface area (Å²) in [6.45, 7) is 11.0. The highest BCUT2D eigenvalue weighted by molar-refractivity contribution is 7.20. The Bertz CT molecular complexity index is 256. The lowest BCUT2D eigenvalue weighted by atomic mass is 10.1. The first-order valence-electron chi connectivity index (χ1n) is 4.38. The molecule has 0 radical (unpaired) electrons. The van der Waals surface area contributed by atoms with Crippen LogP contribution in [0.15, 0.2) is 22.8 Å². The van der Waals surface area contributed by atoms with E-state index in [-0.39, 0.29) is 0 Å². The second kappa shape index (κ2) is 3.04. The van der Waals surface area contributed by atoms with Gasteiger partial charge in [-0.1, -0.05) is 35.9 Å². The van der Waals surface area contributed by atoms with Crippen LogP contribution in [0.2, 0.25) is 18.6 Å². The summed E-state index contributed by atoms with van der Waals surface area (Å²) in [7, 11) is -1.55. The highest BCUT2D eigenvalue weighted by Crippen LogP contribution is 2.44. The molecule has 68 valence electrons. The number of allylic oxidation sites excluding steroid dienone is 4. The summed E-state index contributed by atoms with van der Waals surface area (Å²) in [5.41, 5.74) is 4.92. The zero-order valence-corrected chi connectivity index (χ0v) is 10.3. The van der Waals surface area contributed by atoms with E-state index in [1.165, 1.54) is 16.7 Å². The monoisotopic (exact) mass is 200 g/mol. The molecule has 0 aromatic rings. The summed E-state index contributed by atoms with van der Waals surface area (Å²) in [5.74, 6) is 0. The van der Waals surface area contributed by atoms with Gasteiger partial charge in [0.2, 0.25) is 0 Å². The van der Waals surface area contributed by atoms with Crippen LogP contribution in [0.25, 0.3) is 0 Å². The van der Waals surface area contributed by atoms with Gasteiger partial charge in [-0.2, -0.15) is 11.1 Å². The molecule has 0 nitrogen and oxygen atoms in total. The van der Waals surface area contributed by atoms with Crippen LogP contribution < -0.4 is 0 Å². The Morgan fingerprint density at radius 3 is 1.92 bits per heavy atom. The molecule has 1 unspecified atom stereocenters. The predicted molar refractivity (Wildman–Crippen MR) is 59.2 cm³/mol. The van der Waals surface area contributed by atoms with Crippen molar-refractivity contribution in [3.8, 4) is 0 Å². The maximum atomic E-state index is 6.46. The Kier molecular flexibility index (Phi) is 2.55. The SMILES string of the molecule is CC1=CC(C)=C(C)C1[Si](C)(C)Cl. The van der Waals surface area contributed by atoms with Crippen molar-refractivity contribution in [1.29, 1.82) is 0 Å². The van der Waals surface area contributed by atoms with Gasteiger partial charge in [0.25, 0.3) is 0 Å². The Balaban J connectivity index is 3.02. The number of rotatable bonds is 1. The van der Waals surface area contributed by atoms with Crippen LogP contribution in [0.1, 0.15) is 20.8 Å². The molecule has 0 spiro atoms. The number of halogens is 1. The van der Waals surface area contributed by atoms with Crippen LogP contribution in [-0.2, 0) is 0 Å². The third-order valence-corrected chi connectivity index (χ3v) is 5.56. The molecule has 0 fully saturated rings. The minimum absolute atomic E-state index is 0.569. The second-order valence-electron chi connectivity index (χ2n) is 4.25. The highest BCUT2D eigenvalue weighted by Gasteiger charge is 2.35. The molecular formula is C10H17ClSi. The van der Waals surface area contributed by atoms with Gasteiger partial charge in [0, 0.05) is 5.54 Å². The third-order valence-electron chi connectivity index (χ3n) is 2.64. The van der Waals surface area contributed by atoms with Crippen molar-refractivity contribution < 1.29 is 0 Å². The quantitative estimate of drug-likeness (QED) is 0.442. The molecule has 1 aliphatic rings. The summed E-state index contributed by atoms with van der Waals surface area (Å²) in [6.07, 6.45) is 2.27. The zero-order valence-electron chi connectivity index (χ0n) is 8.53. The molecule has 0 aliphatic heterocycles. The van der Waals surface area contributed by atoms with Gasteiger partial charge in [0.1, 0.15) is 0 Å². The van der Waals surface area contributed by atoms with Crippen molar-refractivity contribution in [3.05, 3.63) is 22.8 Å². The van der Waals surface area contributed by atoms with Gasteiger partial charge in [-0.15, -0.1) is 0 Å². The Morgan fingerprint density at radius 2 is 1.75 bits per heavy atom. The lowest BCUT2D eigenvalue weighted by Crippen LogP contribution is -2.25. The summed E-state index contributed by atoms with van der Waals surface area (Å²) < 4.78 is 0. The topological polar surface area (TPSA) is 0 Å². The molecule has 0 bridgehead atoms. The minimum Gasteiger partial charge on any atom is -0.167 e. The van der Waals surface area contributed by atoms with E-state index in [1.807, 2.05) is 0 Å². The Hall–Kier alpha value is -0.0131. The molecular weight excluding hydrogens is 184 g/mol. The van der Waals surface area contributed by atoms with Crippen molar-refractivity contribution in [2.75, 3.05) is 0 Å². The van der Waals surface area contributed by atoms with Gasteiger partial charge in [-0.05, 0) is 20.8 Å². The van der Waals surface area contributed by atoms with Gasteiger partial charge >= 0.3 is 0 Å². The van der Waals surface area contributed by atoms with Crippen LogP contribution in [0.5, 0.6) is 0 Å². The molecule has 0 N–H and O–H groups in total. The van der Waals surface area contributed by atoms with Crippen LogP contribution in [0.4, 0.5) is 0 Å². The van der Waals surface area contributed by atoms with E-state index in [9.17, 15) is 0 Å². The first-order chi connectivity index (χ1) is 5.34. The van der Waals surface area contributed by atoms with Gasteiger partial charge < -0.3 is 0 Å². The molecule has 0 heterocycles. The normalized spacial score (nSPS) is 24.8. The summed E-state index contributed by atoms with van der Waals surface area (Å²) >= 11 is 6.46. The van der Waals surface area contributed by atoms with E-state index in [0.29, 0.717) is 5.54 Å². The van der Waals surface area contributed by atoms with E-state index in [4.69, 9.17) is 11.1 Å². The molecule has 1 atom stereocenters. The molecule has 1 aliphatic carbocycles. The Labute approximate surface area is 81.0 Å². The van der Waals surface area contributed by atoms with Crippen molar-refractivity contribution in [2.45, 2.75) is 39.4 Å². The van der Waals surface area contributed by atoms with E-state index in [2.05, 4.69) is 39.9 Å². The molecule has 0 aromatic heterocycles. The van der Waals surface area contributed by atoms with E-state index in [1.54, 1.807) is 0 Å². The molecule has 2 heteroatoms. The smallest absolute Gasteiger partial charge is 0.161 e. The lowest BCUT2D eigenvalue weighted by Gasteiger charge is -2.25. The molecule has 0 saturated heterocycles. The Morgan fingerprint density at radius 1 is 1.25 bits per heavy atom. The van der Waals surface area contributed by atoms with Crippen molar-refractivity contribution >= 4 is 18.5 Å². The first-order valence-corrected chi connectivity index (χ1v) is 8.47. The summed E-state index contributed by atoms with van der Waals surface area (Å²) in [5, 5.41) is 0. The van der Waals surface area contributed by atoms with Crippen LogP contribution in [0, 0.1) is 0 Å². The van der Waals surface area contributed by atoms with Gasteiger partial charge in [-0.25, -0.2) is 0 Å².